The number of benzene rings is 2. The number of hydrogen-bond acceptors (Lipinski definition) is 3. The zero-order chi connectivity index (χ0) is 19.7. The van der Waals surface area contributed by atoms with Crippen molar-refractivity contribution in [1.29, 1.82) is 0 Å². The minimum absolute atomic E-state index is 0.0469. The van der Waals surface area contributed by atoms with Crippen LogP contribution in [0.15, 0.2) is 66.7 Å². The van der Waals surface area contributed by atoms with Crippen LogP contribution in [0.4, 0.5) is 5.69 Å². The summed E-state index contributed by atoms with van der Waals surface area (Å²) in [7, 11) is 1.41. The highest BCUT2D eigenvalue weighted by Crippen LogP contribution is 2.48. The first-order valence-corrected chi connectivity index (χ1v) is 9.87. The molecule has 2 aromatic carbocycles. The summed E-state index contributed by atoms with van der Waals surface area (Å²) in [4.78, 5) is 28.3. The number of methoxy groups -OCH3 is 1. The summed E-state index contributed by atoms with van der Waals surface area (Å²) >= 11 is 6.07. The number of nitrogens with zero attached hydrogens (tertiary/aromatic N) is 1. The Morgan fingerprint density at radius 1 is 1.11 bits per heavy atom. The summed E-state index contributed by atoms with van der Waals surface area (Å²) in [6.45, 7) is 0. The van der Waals surface area contributed by atoms with Crippen molar-refractivity contribution in [1.82, 2.24) is 0 Å². The Labute approximate surface area is 169 Å². The van der Waals surface area contributed by atoms with Crippen molar-refractivity contribution < 1.29 is 14.3 Å². The molecule has 1 heterocycles. The van der Waals surface area contributed by atoms with E-state index in [-0.39, 0.29) is 23.7 Å². The first kappa shape index (κ1) is 18.8. The first-order valence-electron chi connectivity index (χ1n) is 9.50. The molecule has 1 amide bonds. The molecular formula is C23H22ClNO3. The van der Waals surface area contributed by atoms with E-state index < -0.39 is 12.0 Å². The number of piperidine rings is 1. The van der Waals surface area contributed by atoms with E-state index in [1.54, 1.807) is 17.0 Å². The highest BCUT2D eigenvalue weighted by Gasteiger charge is 2.52. The molecule has 0 radical (unpaired) electrons. The smallest absolute Gasteiger partial charge is 0.311 e. The van der Waals surface area contributed by atoms with Gasteiger partial charge in [0.2, 0.25) is 5.91 Å². The van der Waals surface area contributed by atoms with Gasteiger partial charge < -0.3 is 9.64 Å². The molecule has 2 aromatic rings. The number of carbonyl (C=O) groups is 2. The van der Waals surface area contributed by atoms with Crippen molar-refractivity contribution in [2.45, 2.75) is 18.9 Å². The summed E-state index contributed by atoms with van der Waals surface area (Å²) in [5.74, 6) is -1.11. The van der Waals surface area contributed by atoms with Crippen LogP contribution in [0.1, 0.15) is 24.4 Å². The zero-order valence-corrected chi connectivity index (χ0v) is 16.4. The van der Waals surface area contributed by atoms with E-state index >= 15 is 0 Å². The van der Waals surface area contributed by atoms with Gasteiger partial charge in [0.25, 0.3) is 0 Å². The van der Waals surface area contributed by atoms with E-state index in [0.717, 1.165) is 24.1 Å². The molecule has 2 aliphatic rings. The summed E-state index contributed by atoms with van der Waals surface area (Å²) in [5.41, 5.74) is 1.66. The minimum atomic E-state index is -0.470. The van der Waals surface area contributed by atoms with Crippen LogP contribution < -0.4 is 4.90 Å². The Morgan fingerprint density at radius 2 is 1.82 bits per heavy atom. The lowest BCUT2D eigenvalue weighted by atomic mass is 9.67. The molecule has 5 heteroatoms. The Morgan fingerprint density at radius 3 is 2.50 bits per heavy atom. The van der Waals surface area contributed by atoms with Crippen LogP contribution in [0, 0.1) is 17.8 Å². The lowest BCUT2D eigenvalue weighted by Gasteiger charge is -2.48. The zero-order valence-electron chi connectivity index (χ0n) is 15.6. The Kier molecular flexibility index (Phi) is 5.23. The fourth-order valence-electron chi connectivity index (χ4n) is 4.52. The molecule has 0 bridgehead atoms. The van der Waals surface area contributed by atoms with Gasteiger partial charge in [0, 0.05) is 22.5 Å². The van der Waals surface area contributed by atoms with E-state index in [4.69, 9.17) is 16.3 Å². The molecule has 1 aliphatic carbocycles. The Bertz CT molecular complexity index is 894. The second-order valence-corrected chi connectivity index (χ2v) is 7.71. The summed E-state index contributed by atoms with van der Waals surface area (Å²) in [5, 5.41) is 0.604. The molecule has 0 unspecified atom stereocenters. The number of hydrogen-bond donors (Lipinski definition) is 0. The molecule has 4 atom stereocenters. The SMILES string of the molecule is COC(=O)[C@H]1[C@H]2C=CCC[C@@H]2C(=O)N(c2ccc(Cl)cc2)[C@H]1c1ccccc1. The summed E-state index contributed by atoms with van der Waals surface area (Å²) < 4.78 is 5.20. The van der Waals surface area contributed by atoms with E-state index in [0.29, 0.717) is 5.02 Å². The van der Waals surface area contributed by atoms with Gasteiger partial charge in [0.15, 0.2) is 0 Å². The van der Waals surface area contributed by atoms with Crippen LogP contribution in [-0.2, 0) is 14.3 Å². The van der Waals surface area contributed by atoms with E-state index in [1.165, 1.54) is 7.11 Å². The molecule has 0 spiro atoms. The average molecular weight is 396 g/mol. The third kappa shape index (κ3) is 3.22. The third-order valence-electron chi connectivity index (χ3n) is 5.77. The molecule has 144 valence electrons. The normalized spacial score (nSPS) is 26.6. The quantitative estimate of drug-likeness (QED) is 0.554. The van der Waals surface area contributed by atoms with Crippen LogP contribution in [0.3, 0.4) is 0 Å². The number of rotatable bonds is 3. The number of anilines is 1. The number of esters is 1. The maximum absolute atomic E-state index is 13.6. The third-order valence-corrected chi connectivity index (χ3v) is 6.03. The fourth-order valence-corrected chi connectivity index (χ4v) is 4.64. The molecule has 0 N–H and O–H groups in total. The maximum Gasteiger partial charge on any atom is 0.311 e. The number of halogens is 1. The molecule has 0 aromatic heterocycles. The molecule has 4 nitrogen and oxygen atoms in total. The largest absolute Gasteiger partial charge is 0.469 e. The highest BCUT2D eigenvalue weighted by molar-refractivity contribution is 6.30. The number of ether oxygens (including phenoxy) is 1. The van der Waals surface area contributed by atoms with Crippen molar-refractivity contribution in [2.75, 3.05) is 12.0 Å². The van der Waals surface area contributed by atoms with Gasteiger partial charge in [-0.2, -0.15) is 0 Å². The topological polar surface area (TPSA) is 46.6 Å². The van der Waals surface area contributed by atoms with Gasteiger partial charge >= 0.3 is 5.97 Å². The molecule has 4 rings (SSSR count). The monoisotopic (exact) mass is 395 g/mol. The average Bonchev–Trinajstić information content (AvgIpc) is 2.74. The van der Waals surface area contributed by atoms with E-state index in [1.807, 2.05) is 48.5 Å². The van der Waals surface area contributed by atoms with Gasteiger partial charge in [-0.15, -0.1) is 0 Å². The maximum atomic E-state index is 13.6. The molecular weight excluding hydrogens is 374 g/mol. The summed E-state index contributed by atoms with van der Waals surface area (Å²) in [6.07, 6.45) is 5.68. The number of amides is 1. The fraction of sp³-hybridized carbons (Fsp3) is 0.304. The molecule has 0 saturated carbocycles. The molecule has 28 heavy (non-hydrogen) atoms. The van der Waals surface area contributed by atoms with Crippen LogP contribution >= 0.6 is 11.6 Å². The number of fused-ring (bicyclic) bond motifs is 1. The van der Waals surface area contributed by atoms with Crippen LogP contribution in [-0.4, -0.2) is 19.0 Å². The lowest BCUT2D eigenvalue weighted by Crippen LogP contribution is -2.55. The van der Waals surface area contributed by atoms with Crippen molar-refractivity contribution >= 4 is 29.2 Å². The van der Waals surface area contributed by atoms with Crippen molar-refractivity contribution in [3.63, 3.8) is 0 Å². The highest BCUT2D eigenvalue weighted by atomic mass is 35.5. The van der Waals surface area contributed by atoms with Gasteiger partial charge in [-0.25, -0.2) is 0 Å². The first-order chi connectivity index (χ1) is 13.6. The van der Waals surface area contributed by atoms with E-state index in [2.05, 4.69) is 6.08 Å². The van der Waals surface area contributed by atoms with Crippen LogP contribution in [0.5, 0.6) is 0 Å². The van der Waals surface area contributed by atoms with Gasteiger partial charge in [0.05, 0.1) is 19.1 Å². The van der Waals surface area contributed by atoms with Crippen LogP contribution in [0.2, 0.25) is 5.02 Å². The van der Waals surface area contributed by atoms with E-state index in [9.17, 15) is 9.59 Å². The van der Waals surface area contributed by atoms with Crippen molar-refractivity contribution in [2.24, 2.45) is 17.8 Å². The van der Waals surface area contributed by atoms with Gasteiger partial charge in [0.1, 0.15) is 0 Å². The predicted octanol–water partition coefficient (Wildman–Crippen LogP) is 4.80. The second kappa shape index (κ2) is 7.80. The molecule has 1 fully saturated rings. The molecule has 1 aliphatic heterocycles. The van der Waals surface area contributed by atoms with Gasteiger partial charge in [-0.1, -0.05) is 54.1 Å². The lowest BCUT2D eigenvalue weighted by molar-refractivity contribution is -0.151. The summed E-state index contributed by atoms with van der Waals surface area (Å²) in [6, 6.07) is 16.5. The number of carbonyl (C=O) groups excluding carboxylic acids is 2. The van der Waals surface area contributed by atoms with Gasteiger partial charge in [-0.3, -0.25) is 9.59 Å². The van der Waals surface area contributed by atoms with Gasteiger partial charge in [-0.05, 0) is 42.7 Å². The van der Waals surface area contributed by atoms with Crippen molar-refractivity contribution in [3.05, 3.63) is 77.3 Å². The van der Waals surface area contributed by atoms with Crippen LogP contribution in [0.25, 0.3) is 0 Å². The van der Waals surface area contributed by atoms with Crippen molar-refractivity contribution in [3.8, 4) is 0 Å². The number of allylic oxidation sites excluding steroid dienone is 2. The molecule has 1 saturated heterocycles. The standard InChI is InChI=1S/C23H22ClNO3/c1-28-23(27)20-18-9-5-6-10-19(18)22(26)25(17-13-11-16(24)12-14-17)21(20)15-7-3-2-4-8-15/h2-5,7-9,11-14,18-21H,6,10H2,1H3/t18-,19-,20-,21-/m0/s1. The predicted molar refractivity (Wildman–Crippen MR) is 109 cm³/mol. The Balaban J connectivity index is 1.90. The minimum Gasteiger partial charge on any atom is -0.469 e. The Hall–Kier alpha value is -2.59. The second-order valence-electron chi connectivity index (χ2n) is 7.28.